The van der Waals surface area contributed by atoms with Crippen molar-refractivity contribution in [3.05, 3.63) is 77.1 Å². The van der Waals surface area contributed by atoms with E-state index in [9.17, 15) is 19.7 Å². The first-order valence-electron chi connectivity index (χ1n) is 8.98. The van der Waals surface area contributed by atoms with Crippen LogP contribution in [0.4, 0.5) is 11.4 Å². The summed E-state index contributed by atoms with van der Waals surface area (Å²) in [6.45, 7) is 3.75. The van der Waals surface area contributed by atoms with Crippen molar-refractivity contribution in [1.82, 2.24) is 9.88 Å². The van der Waals surface area contributed by atoms with Crippen LogP contribution < -0.4 is 4.90 Å². The van der Waals surface area contributed by atoms with E-state index in [4.69, 9.17) is 17.0 Å². The standard InChI is InChI=1S/C20H18N4O5S/c1-2-11-29-18(25)12-17-19(26)23(15-6-8-16(9-7-15)24(27)28)20(30)22(17)13-14-5-3-4-10-21-14/h2-10,17H,1,11-13H2. The molecular weight excluding hydrogens is 408 g/mol. The van der Waals surface area contributed by atoms with E-state index in [1.165, 1.54) is 35.2 Å². The fourth-order valence-corrected chi connectivity index (χ4v) is 3.40. The van der Waals surface area contributed by atoms with E-state index in [2.05, 4.69) is 11.6 Å². The highest BCUT2D eigenvalue weighted by Crippen LogP contribution is 2.29. The molecule has 1 saturated heterocycles. The van der Waals surface area contributed by atoms with Gasteiger partial charge in [0.15, 0.2) is 5.11 Å². The molecule has 0 saturated carbocycles. The van der Waals surface area contributed by atoms with Crippen molar-refractivity contribution < 1.29 is 19.2 Å². The average Bonchev–Trinajstić information content (AvgIpc) is 2.97. The van der Waals surface area contributed by atoms with Crippen LogP contribution in [0.25, 0.3) is 0 Å². The third-order valence-corrected chi connectivity index (χ3v) is 4.84. The van der Waals surface area contributed by atoms with Gasteiger partial charge in [-0.15, -0.1) is 0 Å². The molecular formula is C20H18N4O5S. The minimum atomic E-state index is -0.882. The summed E-state index contributed by atoms with van der Waals surface area (Å²) in [6.07, 6.45) is 2.86. The highest BCUT2D eigenvalue weighted by Gasteiger charge is 2.44. The summed E-state index contributed by atoms with van der Waals surface area (Å²) in [5, 5.41) is 11.1. The van der Waals surface area contributed by atoms with Gasteiger partial charge in [-0.1, -0.05) is 18.7 Å². The van der Waals surface area contributed by atoms with Gasteiger partial charge in [-0.25, -0.2) is 0 Å². The SMILES string of the molecule is C=CCOC(=O)CC1C(=O)N(c2ccc([N+](=O)[O-])cc2)C(=S)N1Cc1ccccn1. The molecule has 1 aromatic carbocycles. The van der Waals surface area contributed by atoms with Crippen molar-refractivity contribution in [2.45, 2.75) is 19.0 Å². The van der Waals surface area contributed by atoms with Crippen LogP contribution in [-0.2, 0) is 20.9 Å². The number of rotatable bonds is 8. The van der Waals surface area contributed by atoms with Crippen molar-refractivity contribution in [2.24, 2.45) is 0 Å². The maximum Gasteiger partial charge on any atom is 0.308 e. The number of hydrogen-bond acceptors (Lipinski definition) is 7. The smallest absolute Gasteiger partial charge is 0.308 e. The molecule has 1 aliphatic rings. The number of benzene rings is 1. The highest BCUT2D eigenvalue weighted by molar-refractivity contribution is 7.80. The van der Waals surface area contributed by atoms with E-state index in [0.717, 1.165) is 0 Å². The maximum atomic E-state index is 13.2. The molecule has 1 atom stereocenters. The lowest BCUT2D eigenvalue weighted by Crippen LogP contribution is -2.36. The molecule has 30 heavy (non-hydrogen) atoms. The Hall–Kier alpha value is -3.66. The largest absolute Gasteiger partial charge is 0.461 e. The fraction of sp³-hybridized carbons (Fsp3) is 0.200. The number of pyridine rings is 1. The second kappa shape index (κ2) is 9.23. The number of non-ortho nitro benzene ring substituents is 1. The Morgan fingerprint density at radius 2 is 2.03 bits per heavy atom. The zero-order chi connectivity index (χ0) is 21.7. The Bertz CT molecular complexity index is 980. The highest BCUT2D eigenvalue weighted by atomic mass is 32.1. The topological polar surface area (TPSA) is 106 Å². The van der Waals surface area contributed by atoms with Crippen LogP contribution in [0.15, 0.2) is 61.3 Å². The zero-order valence-corrected chi connectivity index (χ0v) is 16.7. The number of carbonyl (C=O) groups is 2. The van der Waals surface area contributed by atoms with E-state index in [1.807, 2.05) is 6.07 Å². The lowest BCUT2D eigenvalue weighted by Gasteiger charge is -2.23. The van der Waals surface area contributed by atoms with Gasteiger partial charge in [0.25, 0.3) is 11.6 Å². The number of hydrogen-bond donors (Lipinski definition) is 0. The molecule has 10 heteroatoms. The molecule has 3 rings (SSSR count). The van der Waals surface area contributed by atoms with E-state index in [0.29, 0.717) is 11.4 Å². The summed E-state index contributed by atoms with van der Waals surface area (Å²) in [5.41, 5.74) is 0.942. The third kappa shape index (κ3) is 4.49. The Balaban J connectivity index is 1.90. The quantitative estimate of drug-likeness (QED) is 0.209. The first kappa shape index (κ1) is 21.1. The van der Waals surface area contributed by atoms with Crippen LogP contribution in [0.5, 0.6) is 0 Å². The fourth-order valence-electron chi connectivity index (χ4n) is 3.01. The third-order valence-electron chi connectivity index (χ3n) is 4.42. The van der Waals surface area contributed by atoms with Gasteiger partial charge < -0.3 is 9.64 Å². The van der Waals surface area contributed by atoms with E-state index in [-0.39, 0.29) is 30.4 Å². The number of ether oxygens (including phenoxy) is 1. The van der Waals surface area contributed by atoms with Crippen LogP contribution in [0, 0.1) is 10.1 Å². The number of aromatic nitrogens is 1. The number of amides is 1. The number of thiocarbonyl (C=S) groups is 1. The molecule has 1 aliphatic heterocycles. The second-order valence-electron chi connectivity index (χ2n) is 6.37. The van der Waals surface area contributed by atoms with Gasteiger partial charge in [-0.05, 0) is 36.5 Å². The molecule has 1 fully saturated rings. The van der Waals surface area contributed by atoms with Crippen LogP contribution in [-0.4, -0.2) is 44.4 Å². The lowest BCUT2D eigenvalue weighted by molar-refractivity contribution is -0.384. The van der Waals surface area contributed by atoms with Crippen molar-refractivity contribution >= 4 is 40.6 Å². The van der Waals surface area contributed by atoms with Crippen LogP contribution in [0.1, 0.15) is 12.1 Å². The Morgan fingerprint density at radius 1 is 1.30 bits per heavy atom. The first-order chi connectivity index (χ1) is 14.4. The van der Waals surface area contributed by atoms with Gasteiger partial charge in [0.1, 0.15) is 12.6 Å². The molecule has 1 amide bonds. The number of nitro groups is 1. The number of nitro benzene ring substituents is 1. The monoisotopic (exact) mass is 426 g/mol. The molecule has 0 aliphatic carbocycles. The lowest BCUT2D eigenvalue weighted by atomic mass is 10.1. The minimum absolute atomic E-state index is 0.0382. The van der Waals surface area contributed by atoms with Crippen LogP contribution in [0.2, 0.25) is 0 Å². The second-order valence-corrected chi connectivity index (χ2v) is 6.74. The molecule has 2 heterocycles. The zero-order valence-electron chi connectivity index (χ0n) is 15.8. The average molecular weight is 426 g/mol. The predicted molar refractivity (Wildman–Crippen MR) is 113 cm³/mol. The molecule has 154 valence electrons. The van der Waals surface area contributed by atoms with E-state index in [1.54, 1.807) is 23.2 Å². The van der Waals surface area contributed by atoms with Gasteiger partial charge in [0.05, 0.1) is 29.3 Å². The summed E-state index contributed by atoms with van der Waals surface area (Å²) in [6, 6.07) is 9.95. The van der Waals surface area contributed by atoms with E-state index < -0.39 is 22.8 Å². The Morgan fingerprint density at radius 3 is 2.63 bits per heavy atom. The van der Waals surface area contributed by atoms with Gasteiger partial charge in [0, 0.05) is 18.3 Å². The van der Waals surface area contributed by atoms with Crippen LogP contribution >= 0.6 is 12.2 Å². The molecule has 0 radical (unpaired) electrons. The van der Waals surface area contributed by atoms with Gasteiger partial charge in [0.2, 0.25) is 0 Å². The molecule has 0 spiro atoms. The Labute approximate surface area is 177 Å². The number of carbonyl (C=O) groups excluding carboxylic acids is 2. The number of anilines is 1. The number of nitrogens with zero attached hydrogens (tertiary/aromatic N) is 4. The number of esters is 1. The van der Waals surface area contributed by atoms with Gasteiger partial charge >= 0.3 is 5.97 Å². The molecule has 1 unspecified atom stereocenters. The van der Waals surface area contributed by atoms with Crippen molar-refractivity contribution in [3.8, 4) is 0 Å². The molecule has 0 N–H and O–H groups in total. The summed E-state index contributed by atoms with van der Waals surface area (Å²) in [7, 11) is 0. The minimum Gasteiger partial charge on any atom is -0.461 e. The van der Waals surface area contributed by atoms with Gasteiger partial charge in [-0.3, -0.25) is 29.6 Å². The van der Waals surface area contributed by atoms with E-state index >= 15 is 0 Å². The van der Waals surface area contributed by atoms with Crippen molar-refractivity contribution in [2.75, 3.05) is 11.5 Å². The normalized spacial score (nSPS) is 15.9. The Kier molecular flexibility index (Phi) is 6.48. The van der Waals surface area contributed by atoms with Crippen molar-refractivity contribution in [1.29, 1.82) is 0 Å². The summed E-state index contributed by atoms with van der Waals surface area (Å²) >= 11 is 5.52. The summed E-state index contributed by atoms with van der Waals surface area (Å²) in [4.78, 5) is 42.8. The predicted octanol–water partition coefficient (Wildman–Crippen LogP) is 2.61. The molecule has 9 nitrogen and oxygen atoms in total. The first-order valence-corrected chi connectivity index (χ1v) is 9.38. The molecule has 0 bridgehead atoms. The summed E-state index contributed by atoms with van der Waals surface area (Å²) < 4.78 is 5.03. The van der Waals surface area contributed by atoms with Gasteiger partial charge in [-0.2, -0.15) is 0 Å². The molecule has 1 aromatic heterocycles. The maximum absolute atomic E-state index is 13.2. The van der Waals surface area contributed by atoms with Crippen molar-refractivity contribution in [3.63, 3.8) is 0 Å². The molecule has 2 aromatic rings. The summed E-state index contributed by atoms with van der Waals surface area (Å²) in [5.74, 6) is -0.979. The van der Waals surface area contributed by atoms with Crippen LogP contribution in [0.3, 0.4) is 0 Å².